The quantitative estimate of drug-likeness (QED) is 0.368. The zero-order valence-electron chi connectivity index (χ0n) is 16.6. The van der Waals surface area contributed by atoms with Crippen molar-refractivity contribution in [3.05, 3.63) is 78.1 Å². The fourth-order valence-electron chi connectivity index (χ4n) is 3.21. The number of hydrogen-bond donors (Lipinski definition) is 2. The van der Waals surface area contributed by atoms with Crippen molar-refractivity contribution in [1.29, 1.82) is 0 Å². The van der Waals surface area contributed by atoms with Gasteiger partial charge in [0.05, 0.1) is 11.4 Å². The summed E-state index contributed by atoms with van der Waals surface area (Å²) in [6, 6.07) is 20.6. The van der Waals surface area contributed by atoms with Gasteiger partial charge >= 0.3 is 0 Å². The SMILES string of the molecule is CCCc1ccc2c(Nc3cc(C)ccc3Sc3ccc(N)cc3)ccnc2n1. The van der Waals surface area contributed by atoms with E-state index < -0.39 is 0 Å². The number of fused-ring (bicyclic) bond motifs is 1. The maximum atomic E-state index is 5.82. The number of nitrogens with two attached hydrogens (primary N) is 1. The standard InChI is InChI=1S/C24H24N4S/c1-3-4-18-8-11-20-21(13-14-26-24(20)27-18)28-22-15-16(2)5-12-23(22)29-19-9-6-17(25)7-10-19/h5-15H,3-4,25H2,1-2H3,(H,26,27,28). The zero-order valence-corrected chi connectivity index (χ0v) is 17.5. The molecule has 4 nitrogen and oxygen atoms in total. The van der Waals surface area contributed by atoms with Gasteiger partial charge in [-0.25, -0.2) is 9.97 Å². The van der Waals surface area contributed by atoms with Crippen LogP contribution in [0.4, 0.5) is 17.1 Å². The van der Waals surface area contributed by atoms with Gasteiger partial charge in [-0.05, 0) is 73.5 Å². The first-order valence-electron chi connectivity index (χ1n) is 9.78. The van der Waals surface area contributed by atoms with E-state index in [0.717, 1.165) is 56.4 Å². The number of pyridine rings is 2. The lowest BCUT2D eigenvalue weighted by Gasteiger charge is -2.14. The van der Waals surface area contributed by atoms with Gasteiger partial charge in [0.15, 0.2) is 5.65 Å². The van der Waals surface area contributed by atoms with E-state index in [1.807, 2.05) is 36.5 Å². The lowest BCUT2D eigenvalue weighted by molar-refractivity contribution is 0.887. The number of aromatic nitrogens is 2. The van der Waals surface area contributed by atoms with Gasteiger partial charge in [-0.3, -0.25) is 0 Å². The normalized spacial score (nSPS) is 11.0. The molecule has 4 rings (SSSR count). The van der Waals surface area contributed by atoms with Crippen LogP contribution in [0, 0.1) is 6.92 Å². The first-order chi connectivity index (χ1) is 14.1. The van der Waals surface area contributed by atoms with E-state index >= 15 is 0 Å². The molecule has 5 heteroatoms. The molecule has 4 aromatic rings. The van der Waals surface area contributed by atoms with E-state index in [1.165, 1.54) is 5.56 Å². The Bertz CT molecular complexity index is 1140. The Morgan fingerprint density at radius 1 is 0.966 bits per heavy atom. The van der Waals surface area contributed by atoms with Gasteiger partial charge in [0.1, 0.15) is 0 Å². The first kappa shape index (κ1) is 19.3. The second-order valence-corrected chi connectivity index (χ2v) is 8.19. The average Bonchev–Trinajstić information content (AvgIpc) is 2.72. The molecule has 2 heterocycles. The third-order valence-electron chi connectivity index (χ3n) is 4.68. The molecule has 0 spiro atoms. The van der Waals surface area contributed by atoms with E-state index in [4.69, 9.17) is 10.7 Å². The second-order valence-electron chi connectivity index (χ2n) is 7.08. The number of aryl methyl sites for hydroxylation is 2. The monoisotopic (exact) mass is 400 g/mol. The van der Waals surface area contributed by atoms with Gasteiger partial charge < -0.3 is 11.1 Å². The predicted molar refractivity (Wildman–Crippen MR) is 123 cm³/mol. The largest absolute Gasteiger partial charge is 0.399 e. The molecule has 0 atom stereocenters. The second kappa shape index (κ2) is 8.53. The third kappa shape index (κ3) is 4.51. The Morgan fingerprint density at radius 2 is 1.79 bits per heavy atom. The number of nitrogen functional groups attached to an aromatic ring is 1. The summed E-state index contributed by atoms with van der Waals surface area (Å²) < 4.78 is 0. The van der Waals surface area contributed by atoms with Gasteiger partial charge in [-0.15, -0.1) is 0 Å². The van der Waals surface area contributed by atoms with Crippen LogP contribution >= 0.6 is 11.8 Å². The van der Waals surface area contributed by atoms with Crippen molar-refractivity contribution in [3.8, 4) is 0 Å². The maximum absolute atomic E-state index is 5.82. The topological polar surface area (TPSA) is 63.8 Å². The molecule has 0 radical (unpaired) electrons. The molecule has 0 fully saturated rings. The van der Waals surface area contributed by atoms with E-state index in [-0.39, 0.29) is 0 Å². The summed E-state index contributed by atoms with van der Waals surface area (Å²) in [6.45, 7) is 4.27. The first-order valence-corrected chi connectivity index (χ1v) is 10.6. The van der Waals surface area contributed by atoms with Crippen molar-refractivity contribution >= 4 is 39.9 Å². The van der Waals surface area contributed by atoms with Crippen LogP contribution in [0.3, 0.4) is 0 Å². The summed E-state index contributed by atoms with van der Waals surface area (Å²) in [5.41, 5.74) is 11.7. The third-order valence-corrected chi connectivity index (χ3v) is 5.76. The molecule has 2 aromatic heterocycles. The molecule has 2 aromatic carbocycles. The molecule has 0 saturated heterocycles. The molecule has 146 valence electrons. The molecule has 3 N–H and O–H groups in total. The Labute approximate surface area is 175 Å². The number of hydrogen-bond acceptors (Lipinski definition) is 5. The number of rotatable bonds is 6. The molecule has 0 bridgehead atoms. The Balaban J connectivity index is 1.68. The highest BCUT2D eigenvalue weighted by Crippen LogP contribution is 2.36. The number of anilines is 3. The summed E-state index contributed by atoms with van der Waals surface area (Å²) in [5, 5.41) is 4.64. The van der Waals surface area contributed by atoms with Crippen molar-refractivity contribution in [2.24, 2.45) is 0 Å². The molecule has 0 aliphatic rings. The molecule has 0 aliphatic heterocycles. The van der Waals surface area contributed by atoms with Crippen LogP contribution < -0.4 is 11.1 Å². The number of nitrogens with one attached hydrogen (secondary N) is 1. The number of nitrogens with zero attached hydrogens (tertiary/aromatic N) is 2. The van der Waals surface area contributed by atoms with Crippen LogP contribution in [0.2, 0.25) is 0 Å². The van der Waals surface area contributed by atoms with Crippen molar-refractivity contribution in [2.75, 3.05) is 11.1 Å². The van der Waals surface area contributed by atoms with Crippen LogP contribution in [0.25, 0.3) is 11.0 Å². The Morgan fingerprint density at radius 3 is 2.59 bits per heavy atom. The maximum Gasteiger partial charge on any atom is 0.161 e. The predicted octanol–water partition coefficient (Wildman–Crippen LogP) is 6.37. The molecule has 0 amide bonds. The highest BCUT2D eigenvalue weighted by Gasteiger charge is 2.09. The Kier molecular flexibility index (Phi) is 5.67. The van der Waals surface area contributed by atoms with E-state index in [0.29, 0.717) is 0 Å². The van der Waals surface area contributed by atoms with Crippen LogP contribution in [0.15, 0.2) is 76.7 Å². The molecular formula is C24H24N4S. The summed E-state index contributed by atoms with van der Waals surface area (Å²) in [7, 11) is 0. The minimum atomic E-state index is 0.773. The minimum absolute atomic E-state index is 0.773. The average molecular weight is 401 g/mol. The summed E-state index contributed by atoms with van der Waals surface area (Å²) >= 11 is 1.72. The molecule has 0 unspecified atom stereocenters. The summed E-state index contributed by atoms with van der Waals surface area (Å²) in [5.74, 6) is 0. The minimum Gasteiger partial charge on any atom is -0.399 e. The van der Waals surface area contributed by atoms with Crippen molar-refractivity contribution in [1.82, 2.24) is 9.97 Å². The van der Waals surface area contributed by atoms with Crippen LogP contribution in [-0.4, -0.2) is 9.97 Å². The fourth-order valence-corrected chi connectivity index (χ4v) is 4.09. The fraction of sp³-hybridized carbons (Fsp3) is 0.167. The van der Waals surface area contributed by atoms with Gasteiger partial charge in [-0.2, -0.15) is 0 Å². The number of benzene rings is 2. The lowest BCUT2D eigenvalue weighted by Crippen LogP contribution is -1.97. The zero-order chi connectivity index (χ0) is 20.2. The molecule has 0 aliphatic carbocycles. The van der Waals surface area contributed by atoms with Gasteiger partial charge in [0.25, 0.3) is 0 Å². The van der Waals surface area contributed by atoms with Gasteiger partial charge in [0, 0.05) is 32.8 Å². The van der Waals surface area contributed by atoms with Crippen molar-refractivity contribution in [3.63, 3.8) is 0 Å². The summed E-state index contributed by atoms with van der Waals surface area (Å²) in [4.78, 5) is 11.5. The lowest BCUT2D eigenvalue weighted by atomic mass is 10.1. The molecule has 0 saturated carbocycles. The van der Waals surface area contributed by atoms with Crippen molar-refractivity contribution < 1.29 is 0 Å². The van der Waals surface area contributed by atoms with Crippen molar-refractivity contribution in [2.45, 2.75) is 36.5 Å². The Hall–Kier alpha value is -3.05. The van der Waals surface area contributed by atoms with Gasteiger partial charge in [-0.1, -0.05) is 31.2 Å². The highest BCUT2D eigenvalue weighted by atomic mass is 32.2. The van der Waals surface area contributed by atoms with Gasteiger partial charge in [0.2, 0.25) is 0 Å². The highest BCUT2D eigenvalue weighted by molar-refractivity contribution is 7.99. The smallest absolute Gasteiger partial charge is 0.161 e. The van der Waals surface area contributed by atoms with E-state index in [1.54, 1.807) is 11.8 Å². The van der Waals surface area contributed by atoms with Crippen LogP contribution in [0.1, 0.15) is 24.6 Å². The molecular weight excluding hydrogens is 376 g/mol. The molecule has 29 heavy (non-hydrogen) atoms. The van der Waals surface area contributed by atoms with E-state index in [2.05, 4.69) is 54.5 Å². The van der Waals surface area contributed by atoms with Crippen LogP contribution in [0.5, 0.6) is 0 Å². The summed E-state index contributed by atoms with van der Waals surface area (Å²) in [6.07, 6.45) is 3.86. The van der Waals surface area contributed by atoms with E-state index in [9.17, 15) is 0 Å². The van der Waals surface area contributed by atoms with Crippen LogP contribution in [-0.2, 0) is 6.42 Å².